The van der Waals surface area contributed by atoms with Crippen LogP contribution < -0.4 is 4.72 Å². The van der Waals surface area contributed by atoms with Gasteiger partial charge in [0.1, 0.15) is 4.90 Å². The number of aromatic nitrogens is 2. The van der Waals surface area contributed by atoms with Gasteiger partial charge in [-0.05, 0) is 18.0 Å². The molecule has 1 aromatic heterocycles. The van der Waals surface area contributed by atoms with Gasteiger partial charge >= 0.3 is 0 Å². The Morgan fingerprint density at radius 3 is 2.67 bits per heavy atom. The number of methoxy groups -OCH3 is 1. The predicted molar refractivity (Wildman–Crippen MR) is 64.7 cm³/mol. The molecule has 0 aliphatic rings. The van der Waals surface area contributed by atoms with Gasteiger partial charge in [0, 0.05) is 13.7 Å². The van der Waals surface area contributed by atoms with E-state index in [1.807, 2.05) is 0 Å². The minimum absolute atomic E-state index is 0.0236. The molecule has 0 aromatic carbocycles. The normalized spacial score (nSPS) is 13.5. The Kier molecular flexibility index (Phi) is 5.89. The average Bonchev–Trinajstić information content (AvgIpc) is 2.29. The molecule has 1 atom stereocenters. The zero-order valence-electron chi connectivity index (χ0n) is 9.71. The number of hydrogen-bond donors (Lipinski definition) is 2. The van der Waals surface area contributed by atoms with Crippen molar-refractivity contribution in [2.45, 2.75) is 17.4 Å². The van der Waals surface area contributed by atoms with Crippen LogP contribution in [0.1, 0.15) is 6.42 Å². The summed E-state index contributed by atoms with van der Waals surface area (Å²) in [6.07, 6.45) is 1.77. The highest BCUT2D eigenvalue weighted by atomic mass is 35.5. The first-order chi connectivity index (χ1) is 8.45. The minimum Gasteiger partial charge on any atom is -0.391 e. The van der Waals surface area contributed by atoms with Gasteiger partial charge in [-0.1, -0.05) is 0 Å². The Bertz CT molecular complexity index is 465. The molecule has 0 saturated carbocycles. The largest absolute Gasteiger partial charge is 0.391 e. The number of sulfonamides is 1. The van der Waals surface area contributed by atoms with Crippen LogP contribution in [0.15, 0.2) is 17.3 Å². The van der Waals surface area contributed by atoms with E-state index in [9.17, 15) is 13.5 Å². The molecule has 0 spiro atoms. The van der Waals surface area contributed by atoms with E-state index in [0.717, 1.165) is 12.4 Å². The summed E-state index contributed by atoms with van der Waals surface area (Å²) in [5, 5.41) is 9.33. The molecule has 0 aliphatic heterocycles. The molecule has 2 N–H and O–H groups in total. The molecule has 9 heteroatoms. The molecule has 0 radical (unpaired) electrons. The molecule has 1 unspecified atom stereocenters. The maximum atomic E-state index is 11.7. The maximum Gasteiger partial charge on any atom is 0.243 e. The molecule has 102 valence electrons. The lowest BCUT2D eigenvalue weighted by Gasteiger charge is -2.10. The molecule has 1 heterocycles. The second-order valence-corrected chi connectivity index (χ2v) is 5.59. The summed E-state index contributed by atoms with van der Waals surface area (Å²) in [5.41, 5.74) is 0. The average molecular weight is 296 g/mol. The Morgan fingerprint density at radius 1 is 1.50 bits per heavy atom. The molecule has 0 fully saturated rings. The van der Waals surface area contributed by atoms with E-state index < -0.39 is 16.1 Å². The van der Waals surface area contributed by atoms with Gasteiger partial charge in [-0.15, -0.1) is 0 Å². The van der Waals surface area contributed by atoms with Gasteiger partial charge in [0.05, 0.1) is 25.1 Å². The van der Waals surface area contributed by atoms with Crippen LogP contribution in [0.2, 0.25) is 5.28 Å². The second-order valence-electron chi connectivity index (χ2n) is 3.48. The first-order valence-electron chi connectivity index (χ1n) is 5.10. The summed E-state index contributed by atoms with van der Waals surface area (Å²) in [6, 6.07) is 0. The van der Waals surface area contributed by atoms with E-state index in [0.29, 0.717) is 0 Å². The summed E-state index contributed by atoms with van der Waals surface area (Å²) in [6.45, 7) is 0.251. The fraction of sp³-hybridized carbons (Fsp3) is 0.556. The van der Waals surface area contributed by atoms with Crippen LogP contribution in [-0.2, 0) is 14.8 Å². The van der Waals surface area contributed by atoms with Crippen LogP contribution in [0.25, 0.3) is 0 Å². The Labute approximate surface area is 110 Å². The van der Waals surface area contributed by atoms with Crippen molar-refractivity contribution in [2.24, 2.45) is 0 Å². The number of aliphatic hydroxyl groups excluding tert-OH is 1. The van der Waals surface area contributed by atoms with Gasteiger partial charge in [-0.3, -0.25) is 0 Å². The van der Waals surface area contributed by atoms with Gasteiger partial charge < -0.3 is 9.84 Å². The summed E-state index contributed by atoms with van der Waals surface area (Å²) in [4.78, 5) is 7.09. The molecule has 0 bridgehead atoms. The Morgan fingerprint density at radius 2 is 2.11 bits per heavy atom. The van der Waals surface area contributed by atoms with E-state index in [2.05, 4.69) is 14.7 Å². The molecule has 18 heavy (non-hydrogen) atoms. The zero-order chi connectivity index (χ0) is 13.6. The quantitative estimate of drug-likeness (QED) is 0.676. The van der Waals surface area contributed by atoms with Crippen LogP contribution >= 0.6 is 11.6 Å². The van der Waals surface area contributed by atoms with Crippen molar-refractivity contribution in [1.82, 2.24) is 14.7 Å². The van der Waals surface area contributed by atoms with Gasteiger partial charge in [0.15, 0.2) is 0 Å². The number of ether oxygens (including phenoxy) is 1. The van der Waals surface area contributed by atoms with E-state index in [-0.39, 0.29) is 29.8 Å². The molecule has 0 saturated heterocycles. The molecule has 7 nitrogen and oxygen atoms in total. The predicted octanol–water partition coefficient (Wildman–Crippen LogP) is -0.194. The fourth-order valence-electron chi connectivity index (χ4n) is 1.16. The third-order valence-corrected chi connectivity index (χ3v) is 3.65. The number of hydrogen-bond acceptors (Lipinski definition) is 6. The number of aliphatic hydroxyl groups is 1. The Hall–Kier alpha value is -0.800. The van der Waals surface area contributed by atoms with Crippen molar-refractivity contribution < 1.29 is 18.3 Å². The van der Waals surface area contributed by atoms with E-state index >= 15 is 0 Å². The maximum absolute atomic E-state index is 11.7. The number of halogens is 1. The second kappa shape index (κ2) is 6.95. The van der Waals surface area contributed by atoms with Crippen molar-refractivity contribution in [3.05, 3.63) is 17.7 Å². The fourth-order valence-corrected chi connectivity index (χ4v) is 2.19. The summed E-state index contributed by atoms with van der Waals surface area (Å²) < 4.78 is 30.5. The van der Waals surface area contributed by atoms with Crippen molar-refractivity contribution >= 4 is 21.6 Å². The SMILES string of the molecule is COCC(O)CCNS(=O)(=O)c1cnc(Cl)nc1. The third-order valence-electron chi connectivity index (χ3n) is 2.04. The van der Waals surface area contributed by atoms with Crippen LogP contribution in [0.4, 0.5) is 0 Å². The zero-order valence-corrected chi connectivity index (χ0v) is 11.3. The Balaban J connectivity index is 2.52. The molecule has 1 aromatic rings. The van der Waals surface area contributed by atoms with E-state index in [1.54, 1.807) is 0 Å². The highest BCUT2D eigenvalue weighted by molar-refractivity contribution is 7.89. The monoisotopic (exact) mass is 295 g/mol. The molecule has 0 amide bonds. The van der Waals surface area contributed by atoms with Crippen LogP contribution in [0.3, 0.4) is 0 Å². The van der Waals surface area contributed by atoms with Gasteiger partial charge in [0.25, 0.3) is 0 Å². The van der Waals surface area contributed by atoms with Crippen LogP contribution in [-0.4, -0.2) is 49.9 Å². The summed E-state index contributed by atoms with van der Waals surface area (Å²) in [5.74, 6) is 0. The number of rotatable bonds is 7. The summed E-state index contributed by atoms with van der Waals surface area (Å²) in [7, 11) is -2.22. The molecular weight excluding hydrogens is 282 g/mol. The first kappa shape index (κ1) is 15.3. The lowest BCUT2D eigenvalue weighted by Crippen LogP contribution is -2.28. The number of nitrogens with one attached hydrogen (secondary N) is 1. The lowest BCUT2D eigenvalue weighted by molar-refractivity contribution is 0.0603. The van der Waals surface area contributed by atoms with Gasteiger partial charge in [-0.2, -0.15) is 0 Å². The third kappa shape index (κ3) is 4.83. The smallest absolute Gasteiger partial charge is 0.243 e. The van der Waals surface area contributed by atoms with E-state index in [4.69, 9.17) is 16.3 Å². The van der Waals surface area contributed by atoms with Gasteiger partial charge in [0.2, 0.25) is 15.3 Å². The molecular formula is C9H14ClN3O4S. The first-order valence-corrected chi connectivity index (χ1v) is 6.96. The van der Waals surface area contributed by atoms with Crippen molar-refractivity contribution in [2.75, 3.05) is 20.3 Å². The van der Waals surface area contributed by atoms with Crippen molar-refractivity contribution in [1.29, 1.82) is 0 Å². The summed E-state index contributed by atoms with van der Waals surface area (Å²) >= 11 is 5.46. The molecule has 1 rings (SSSR count). The topological polar surface area (TPSA) is 101 Å². The van der Waals surface area contributed by atoms with Crippen LogP contribution in [0, 0.1) is 0 Å². The lowest BCUT2D eigenvalue weighted by atomic mass is 10.3. The standard InChI is InChI=1S/C9H14ClN3O4S/c1-17-6-7(14)2-3-13-18(15,16)8-4-11-9(10)12-5-8/h4-5,7,13-14H,2-3,6H2,1H3. The molecule has 0 aliphatic carbocycles. The highest BCUT2D eigenvalue weighted by Gasteiger charge is 2.15. The van der Waals surface area contributed by atoms with E-state index in [1.165, 1.54) is 7.11 Å². The van der Waals surface area contributed by atoms with Crippen molar-refractivity contribution in [3.63, 3.8) is 0 Å². The van der Waals surface area contributed by atoms with Crippen molar-refractivity contribution in [3.8, 4) is 0 Å². The number of nitrogens with zero attached hydrogens (tertiary/aromatic N) is 2. The highest BCUT2D eigenvalue weighted by Crippen LogP contribution is 2.07. The minimum atomic E-state index is -3.67. The van der Waals surface area contributed by atoms with Crippen LogP contribution in [0.5, 0.6) is 0 Å². The van der Waals surface area contributed by atoms with Gasteiger partial charge in [-0.25, -0.2) is 23.1 Å².